The van der Waals surface area contributed by atoms with Gasteiger partial charge in [-0.3, -0.25) is 4.79 Å². The second kappa shape index (κ2) is 7.92. The highest BCUT2D eigenvalue weighted by atomic mass is 35.5. The number of hydrogen-bond donors (Lipinski definition) is 4. The number of nitrogens with two attached hydrogens (primary N) is 1. The summed E-state index contributed by atoms with van der Waals surface area (Å²) in [6.45, 7) is 1.35. The topological polar surface area (TPSA) is 87.4 Å². The third kappa shape index (κ3) is 5.99. The zero-order chi connectivity index (χ0) is 9.84. The van der Waals surface area contributed by atoms with Crippen LogP contribution in [-0.4, -0.2) is 35.3 Å². The molecule has 0 aromatic carbocycles. The van der Waals surface area contributed by atoms with E-state index in [-0.39, 0.29) is 29.9 Å². The quantitative estimate of drug-likeness (QED) is 0.531. The van der Waals surface area contributed by atoms with Gasteiger partial charge in [-0.2, -0.15) is 0 Å². The Kier molecular flexibility index (Phi) is 9.04. The second-order valence-electron chi connectivity index (χ2n) is 3.15. The number of thiocarbonyl (C=S) groups is 1. The van der Waals surface area contributed by atoms with E-state index in [0.29, 0.717) is 25.4 Å². The molecule has 1 fully saturated rings. The van der Waals surface area contributed by atoms with Gasteiger partial charge in [-0.25, -0.2) is 0 Å². The van der Waals surface area contributed by atoms with Crippen molar-refractivity contribution in [2.45, 2.75) is 12.5 Å². The number of rotatable bonds is 3. The van der Waals surface area contributed by atoms with Crippen LogP contribution in [0.3, 0.4) is 0 Å². The van der Waals surface area contributed by atoms with Crippen LogP contribution in [0, 0.1) is 5.92 Å². The van der Waals surface area contributed by atoms with Crippen molar-refractivity contribution in [1.82, 2.24) is 10.6 Å². The van der Waals surface area contributed by atoms with E-state index in [4.69, 9.17) is 10.8 Å². The summed E-state index contributed by atoms with van der Waals surface area (Å²) in [6, 6.07) is -0.418. The normalized spacial score (nSPS) is 23.5. The predicted molar refractivity (Wildman–Crippen MR) is 66.8 cm³/mol. The number of carboxylic acid groups (broad SMARTS) is 1. The zero-order valence-electron chi connectivity index (χ0n) is 7.93. The Morgan fingerprint density at radius 3 is 2.60 bits per heavy atom. The molecule has 1 rings (SSSR count). The van der Waals surface area contributed by atoms with Crippen molar-refractivity contribution < 1.29 is 9.90 Å². The molecule has 0 spiro atoms. The highest BCUT2D eigenvalue weighted by molar-refractivity contribution is 7.80. The Bertz CT molecular complexity index is 230. The minimum absolute atomic E-state index is 0. The molecule has 8 heteroatoms. The van der Waals surface area contributed by atoms with Crippen molar-refractivity contribution in [2.75, 3.05) is 13.1 Å². The van der Waals surface area contributed by atoms with Gasteiger partial charge in [0.2, 0.25) is 0 Å². The lowest BCUT2D eigenvalue weighted by Crippen LogP contribution is -2.34. The average Bonchev–Trinajstić information content (AvgIpc) is 2.48. The molecule has 0 aromatic heterocycles. The molecule has 90 valence electrons. The molecule has 1 heterocycles. The minimum atomic E-state index is -0.794. The molecule has 2 atom stereocenters. The molecule has 5 N–H and O–H groups in total. The maximum absolute atomic E-state index is 10.6. The van der Waals surface area contributed by atoms with E-state index in [1.165, 1.54) is 0 Å². The number of nitrogens with one attached hydrogen (secondary N) is 2. The van der Waals surface area contributed by atoms with Crippen molar-refractivity contribution in [1.29, 1.82) is 0 Å². The molecule has 0 radical (unpaired) electrons. The van der Waals surface area contributed by atoms with Gasteiger partial charge in [0.1, 0.15) is 6.04 Å². The second-order valence-corrected chi connectivity index (χ2v) is 3.59. The summed E-state index contributed by atoms with van der Waals surface area (Å²) in [5.74, 6) is -0.500. The Labute approximate surface area is 106 Å². The number of carboxylic acids is 1. The summed E-state index contributed by atoms with van der Waals surface area (Å²) in [4.78, 5) is 10.6. The molecule has 0 unspecified atom stereocenters. The number of hydrogen-bond acceptors (Lipinski definition) is 3. The first-order valence-electron chi connectivity index (χ1n) is 4.09. The average molecular weight is 276 g/mol. The Morgan fingerprint density at radius 1 is 1.60 bits per heavy atom. The van der Waals surface area contributed by atoms with Gasteiger partial charge in [-0.1, -0.05) is 0 Å². The summed E-state index contributed by atoms with van der Waals surface area (Å²) < 4.78 is 0. The van der Waals surface area contributed by atoms with Crippen molar-refractivity contribution in [3.63, 3.8) is 0 Å². The van der Waals surface area contributed by atoms with Crippen LogP contribution in [0.1, 0.15) is 6.42 Å². The fourth-order valence-corrected chi connectivity index (χ4v) is 1.48. The van der Waals surface area contributed by atoms with E-state index in [1.807, 2.05) is 0 Å². The molecule has 1 aliphatic heterocycles. The molecule has 15 heavy (non-hydrogen) atoms. The first kappa shape index (κ1) is 17.1. The van der Waals surface area contributed by atoms with E-state index < -0.39 is 12.0 Å². The largest absolute Gasteiger partial charge is 0.480 e. The third-order valence-electron chi connectivity index (χ3n) is 2.09. The third-order valence-corrected chi connectivity index (χ3v) is 2.23. The van der Waals surface area contributed by atoms with Crippen LogP contribution in [0.5, 0.6) is 0 Å². The van der Waals surface area contributed by atoms with Crippen LogP contribution in [0.15, 0.2) is 0 Å². The van der Waals surface area contributed by atoms with E-state index in [0.717, 1.165) is 0 Å². The van der Waals surface area contributed by atoms with Gasteiger partial charge in [-0.05, 0) is 24.6 Å². The molecule has 0 saturated carbocycles. The van der Waals surface area contributed by atoms with Crippen LogP contribution in [0.4, 0.5) is 0 Å². The van der Waals surface area contributed by atoms with Crippen molar-refractivity contribution in [2.24, 2.45) is 11.7 Å². The number of aliphatic carboxylic acids is 1. The number of halogens is 2. The van der Waals surface area contributed by atoms with Crippen LogP contribution in [-0.2, 0) is 4.79 Å². The van der Waals surface area contributed by atoms with Gasteiger partial charge in [0.05, 0.1) is 0 Å². The van der Waals surface area contributed by atoms with Crippen molar-refractivity contribution in [3.05, 3.63) is 0 Å². The first-order chi connectivity index (χ1) is 6.09. The van der Waals surface area contributed by atoms with Crippen molar-refractivity contribution in [3.8, 4) is 0 Å². The van der Waals surface area contributed by atoms with Crippen LogP contribution < -0.4 is 16.4 Å². The maximum atomic E-state index is 10.6. The molecule has 1 saturated heterocycles. The summed E-state index contributed by atoms with van der Waals surface area (Å²) in [7, 11) is 0. The number of carbonyl (C=O) groups is 1. The molecular formula is C7H15Cl2N3O2S. The Morgan fingerprint density at radius 2 is 2.20 bits per heavy atom. The molecule has 1 aliphatic rings. The zero-order valence-corrected chi connectivity index (χ0v) is 10.4. The minimum Gasteiger partial charge on any atom is -0.480 e. The molecule has 0 aromatic rings. The van der Waals surface area contributed by atoms with E-state index in [1.54, 1.807) is 0 Å². The summed E-state index contributed by atoms with van der Waals surface area (Å²) in [5, 5.41) is 14.7. The fraction of sp³-hybridized carbons (Fsp3) is 0.714. The molecule has 0 aliphatic carbocycles. The highest BCUT2D eigenvalue weighted by Crippen LogP contribution is 2.12. The monoisotopic (exact) mass is 275 g/mol. The molecule has 5 nitrogen and oxygen atoms in total. The molecule has 0 bridgehead atoms. The Balaban J connectivity index is 0. The maximum Gasteiger partial charge on any atom is 0.320 e. The standard InChI is InChI=1S/C7H13N3O2S.2ClH/c8-7(13)10-3-4-1-5(6(11)12)9-2-4;;/h4-5,9H,1-3H2,(H,11,12)(H3,8,10,13);2*1H/t4-,5-;;/m0../s1. The summed E-state index contributed by atoms with van der Waals surface area (Å²) in [6.07, 6.45) is 0.630. The van der Waals surface area contributed by atoms with Gasteiger partial charge in [0.15, 0.2) is 5.11 Å². The van der Waals surface area contributed by atoms with Gasteiger partial charge in [0.25, 0.3) is 0 Å². The lowest BCUT2D eigenvalue weighted by molar-refractivity contribution is -0.139. The van der Waals surface area contributed by atoms with Gasteiger partial charge in [0, 0.05) is 13.1 Å². The van der Waals surface area contributed by atoms with E-state index in [9.17, 15) is 4.79 Å². The molecular weight excluding hydrogens is 261 g/mol. The lowest BCUT2D eigenvalue weighted by atomic mass is 10.1. The van der Waals surface area contributed by atoms with Crippen LogP contribution in [0.25, 0.3) is 0 Å². The predicted octanol–water partition coefficient (Wildman–Crippen LogP) is -0.274. The fourth-order valence-electron chi connectivity index (χ4n) is 1.40. The smallest absolute Gasteiger partial charge is 0.320 e. The highest BCUT2D eigenvalue weighted by Gasteiger charge is 2.28. The van der Waals surface area contributed by atoms with Gasteiger partial charge < -0.3 is 21.5 Å². The van der Waals surface area contributed by atoms with E-state index in [2.05, 4.69) is 22.9 Å². The van der Waals surface area contributed by atoms with Crippen LogP contribution in [0.2, 0.25) is 0 Å². The first-order valence-corrected chi connectivity index (χ1v) is 4.50. The van der Waals surface area contributed by atoms with Gasteiger partial charge in [-0.15, -0.1) is 24.8 Å². The molecule has 0 amide bonds. The summed E-state index contributed by atoms with van der Waals surface area (Å²) >= 11 is 4.64. The SMILES string of the molecule is Cl.Cl.NC(=S)NC[C@@H]1CN[C@H](C(=O)O)C1. The van der Waals surface area contributed by atoms with Gasteiger partial charge >= 0.3 is 5.97 Å². The lowest BCUT2D eigenvalue weighted by Gasteiger charge is -2.09. The van der Waals surface area contributed by atoms with Crippen molar-refractivity contribution >= 4 is 48.1 Å². The van der Waals surface area contributed by atoms with E-state index >= 15 is 0 Å². The Hall–Kier alpha value is -0.300. The summed E-state index contributed by atoms with van der Waals surface area (Å²) in [5.41, 5.74) is 5.25. The van der Waals surface area contributed by atoms with Crippen LogP contribution >= 0.6 is 37.0 Å².